The summed E-state index contributed by atoms with van der Waals surface area (Å²) in [6, 6.07) is 15.9. The lowest BCUT2D eigenvalue weighted by atomic mass is 10.1. The van der Waals surface area contributed by atoms with Crippen LogP contribution in [0.1, 0.15) is 22.8 Å². The minimum Gasteiger partial charge on any atom is -0.462 e. The highest BCUT2D eigenvalue weighted by Crippen LogP contribution is 2.21. The number of fused-ring (bicyclic) bond motifs is 1. The van der Waals surface area contributed by atoms with E-state index in [0.29, 0.717) is 17.9 Å². The Labute approximate surface area is 156 Å². The highest BCUT2D eigenvalue weighted by atomic mass is 16.5. The molecule has 0 aliphatic carbocycles. The molecule has 0 fully saturated rings. The van der Waals surface area contributed by atoms with Gasteiger partial charge in [-0.1, -0.05) is 18.2 Å². The van der Waals surface area contributed by atoms with Gasteiger partial charge in [0.1, 0.15) is 11.6 Å². The number of H-pyrrole nitrogens is 1. The van der Waals surface area contributed by atoms with E-state index in [0.717, 1.165) is 16.5 Å². The highest BCUT2D eigenvalue weighted by Gasteiger charge is 2.12. The van der Waals surface area contributed by atoms with E-state index in [1.165, 1.54) is 0 Å². The van der Waals surface area contributed by atoms with Crippen molar-refractivity contribution in [3.05, 3.63) is 71.4 Å². The van der Waals surface area contributed by atoms with Gasteiger partial charge in [-0.15, -0.1) is 0 Å². The summed E-state index contributed by atoms with van der Waals surface area (Å²) in [6.07, 6.45) is 3.30. The first kappa shape index (κ1) is 18.0. The van der Waals surface area contributed by atoms with Crippen LogP contribution in [0.4, 0.5) is 5.69 Å². The molecule has 134 valence electrons. The van der Waals surface area contributed by atoms with Crippen LogP contribution in [0.25, 0.3) is 17.0 Å². The van der Waals surface area contributed by atoms with Crippen molar-refractivity contribution < 1.29 is 14.3 Å². The molecule has 1 aromatic heterocycles. The van der Waals surface area contributed by atoms with Crippen molar-refractivity contribution in [1.82, 2.24) is 4.98 Å². The van der Waals surface area contributed by atoms with Gasteiger partial charge in [0.15, 0.2) is 0 Å². The monoisotopic (exact) mass is 359 g/mol. The molecule has 6 nitrogen and oxygen atoms in total. The van der Waals surface area contributed by atoms with Gasteiger partial charge in [-0.05, 0) is 43.3 Å². The molecule has 3 aromatic rings. The topological polar surface area (TPSA) is 95.0 Å². The number of hydrogen-bond acceptors (Lipinski definition) is 4. The first-order valence-electron chi connectivity index (χ1n) is 8.39. The molecular weight excluding hydrogens is 342 g/mol. The molecule has 0 aliphatic heterocycles. The smallest absolute Gasteiger partial charge is 0.338 e. The van der Waals surface area contributed by atoms with Gasteiger partial charge in [0.25, 0.3) is 5.91 Å². The third kappa shape index (κ3) is 4.05. The minimum absolute atomic E-state index is 0.0192. The van der Waals surface area contributed by atoms with Crippen LogP contribution in [0, 0.1) is 11.3 Å². The van der Waals surface area contributed by atoms with E-state index in [1.54, 1.807) is 43.5 Å². The quantitative estimate of drug-likeness (QED) is 0.410. The Morgan fingerprint density at radius 1 is 1.19 bits per heavy atom. The number of esters is 1. The lowest BCUT2D eigenvalue weighted by Gasteiger charge is -2.06. The van der Waals surface area contributed by atoms with Crippen molar-refractivity contribution in [2.75, 3.05) is 11.9 Å². The average Bonchev–Trinajstić information content (AvgIpc) is 3.09. The van der Waals surface area contributed by atoms with Crippen molar-refractivity contribution in [1.29, 1.82) is 5.26 Å². The van der Waals surface area contributed by atoms with Crippen LogP contribution in [-0.2, 0) is 9.53 Å². The molecule has 27 heavy (non-hydrogen) atoms. The molecule has 0 aliphatic rings. The first-order chi connectivity index (χ1) is 13.1. The lowest BCUT2D eigenvalue weighted by molar-refractivity contribution is -0.112. The number of anilines is 1. The predicted octanol–water partition coefficient (Wildman–Crippen LogP) is 3.89. The fraction of sp³-hybridized carbons (Fsp3) is 0.0952. The summed E-state index contributed by atoms with van der Waals surface area (Å²) < 4.78 is 4.92. The maximum Gasteiger partial charge on any atom is 0.338 e. The number of nitrogens with one attached hydrogen (secondary N) is 2. The molecule has 6 heteroatoms. The van der Waals surface area contributed by atoms with E-state index < -0.39 is 11.9 Å². The van der Waals surface area contributed by atoms with Crippen LogP contribution in [0.15, 0.2) is 60.3 Å². The number of amides is 1. The SMILES string of the molecule is CCOC(=O)c1ccc(NC(=O)C(C#N)=Cc2c[nH]c3ccccc23)cc1. The van der Waals surface area contributed by atoms with Crippen molar-refractivity contribution in [3.63, 3.8) is 0 Å². The second-order valence-electron chi connectivity index (χ2n) is 5.71. The zero-order valence-electron chi connectivity index (χ0n) is 14.7. The summed E-state index contributed by atoms with van der Waals surface area (Å²) in [6.45, 7) is 2.03. The molecule has 0 bridgehead atoms. The molecule has 0 saturated heterocycles. The normalized spacial score (nSPS) is 11.0. The van der Waals surface area contributed by atoms with Gasteiger partial charge in [-0.25, -0.2) is 4.79 Å². The number of ether oxygens (including phenoxy) is 1. The third-order valence-electron chi connectivity index (χ3n) is 3.94. The number of aromatic nitrogens is 1. The van der Waals surface area contributed by atoms with Gasteiger partial charge in [-0.3, -0.25) is 4.79 Å². The van der Waals surface area contributed by atoms with Crippen LogP contribution in [0.5, 0.6) is 0 Å². The molecule has 0 spiro atoms. The maximum atomic E-state index is 12.4. The molecule has 2 aromatic carbocycles. The number of hydrogen-bond donors (Lipinski definition) is 2. The highest BCUT2D eigenvalue weighted by molar-refractivity contribution is 6.10. The van der Waals surface area contributed by atoms with Gasteiger partial charge in [0.05, 0.1) is 12.2 Å². The number of carbonyl (C=O) groups excluding carboxylic acids is 2. The van der Waals surface area contributed by atoms with Gasteiger partial charge >= 0.3 is 5.97 Å². The Bertz CT molecular complexity index is 1060. The van der Waals surface area contributed by atoms with E-state index in [2.05, 4.69) is 10.3 Å². The van der Waals surface area contributed by atoms with E-state index in [1.807, 2.05) is 30.3 Å². The number of benzene rings is 2. The molecule has 0 unspecified atom stereocenters. The van der Waals surface area contributed by atoms with Crippen LogP contribution in [-0.4, -0.2) is 23.5 Å². The molecule has 1 amide bonds. The van der Waals surface area contributed by atoms with Crippen molar-refractivity contribution in [2.45, 2.75) is 6.92 Å². The Kier molecular flexibility index (Phi) is 5.33. The van der Waals surface area contributed by atoms with Crippen LogP contribution >= 0.6 is 0 Å². The number of para-hydroxylation sites is 1. The second-order valence-corrected chi connectivity index (χ2v) is 5.71. The number of aromatic amines is 1. The van der Waals surface area contributed by atoms with Crippen molar-refractivity contribution in [2.24, 2.45) is 0 Å². The van der Waals surface area contributed by atoms with E-state index in [4.69, 9.17) is 4.74 Å². The Balaban J connectivity index is 1.78. The van der Waals surface area contributed by atoms with Crippen molar-refractivity contribution >= 4 is 34.5 Å². The number of nitriles is 1. The Morgan fingerprint density at radius 2 is 1.93 bits per heavy atom. The molecule has 3 rings (SSSR count). The fourth-order valence-electron chi connectivity index (χ4n) is 2.62. The van der Waals surface area contributed by atoms with Gasteiger partial charge in [-0.2, -0.15) is 5.26 Å². The van der Waals surface area contributed by atoms with Crippen LogP contribution < -0.4 is 5.32 Å². The zero-order valence-corrected chi connectivity index (χ0v) is 14.7. The Morgan fingerprint density at radius 3 is 2.63 bits per heavy atom. The van der Waals surface area contributed by atoms with E-state index in [9.17, 15) is 14.9 Å². The molecule has 0 radical (unpaired) electrons. The molecule has 2 N–H and O–H groups in total. The molecule has 0 atom stereocenters. The average molecular weight is 359 g/mol. The summed E-state index contributed by atoms with van der Waals surface area (Å²) in [7, 11) is 0. The second kappa shape index (κ2) is 8.02. The van der Waals surface area contributed by atoms with Gasteiger partial charge < -0.3 is 15.0 Å². The summed E-state index contributed by atoms with van der Waals surface area (Å²) in [4.78, 5) is 27.2. The Hall–Kier alpha value is -3.85. The number of carbonyl (C=O) groups is 2. The van der Waals surface area contributed by atoms with Gasteiger partial charge in [0.2, 0.25) is 0 Å². The molecular formula is C21H17N3O3. The summed E-state index contributed by atoms with van der Waals surface area (Å²) in [5.74, 6) is -0.945. The molecule has 1 heterocycles. The largest absolute Gasteiger partial charge is 0.462 e. The standard InChI is InChI=1S/C21H17N3O3/c1-2-27-21(26)14-7-9-17(10-8-14)24-20(25)15(12-22)11-16-13-23-19-6-4-3-5-18(16)19/h3-11,13,23H,2H2,1H3,(H,24,25). The third-order valence-corrected chi connectivity index (χ3v) is 3.94. The number of nitrogens with zero attached hydrogens (tertiary/aromatic N) is 1. The van der Waals surface area contributed by atoms with E-state index in [-0.39, 0.29) is 5.57 Å². The number of rotatable bonds is 5. The lowest BCUT2D eigenvalue weighted by Crippen LogP contribution is -2.13. The minimum atomic E-state index is -0.522. The van der Waals surface area contributed by atoms with Crippen LogP contribution in [0.3, 0.4) is 0 Å². The van der Waals surface area contributed by atoms with Gasteiger partial charge in [0, 0.05) is 28.4 Å². The predicted molar refractivity (Wildman–Crippen MR) is 103 cm³/mol. The first-order valence-corrected chi connectivity index (χ1v) is 8.39. The zero-order chi connectivity index (χ0) is 19.2. The summed E-state index contributed by atoms with van der Waals surface area (Å²) in [5, 5.41) is 13.0. The van der Waals surface area contributed by atoms with Crippen molar-refractivity contribution in [3.8, 4) is 6.07 Å². The summed E-state index contributed by atoms with van der Waals surface area (Å²) >= 11 is 0. The van der Waals surface area contributed by atoms with Crippen LogP contribution in [0.2, 0.25) is 0 Å². The summed E-state index contributed by atoms with van der Waals surface area (Å²) in [5.41, 5.74) is 2.54. The fourth-order valence-corrected chi connectivity index (χ4v) is 2.62. The molecule has 0 saturated carbocycles. The maximum absolute atomic E-state index is 12.4. The van der Waals surface area contributed by atoms with E-state index >= 15 is 0 Å².